The van der Waals surface area contributed by atoms with Gasteiger partial charge in [0, 0.05) is 17.4 Å². The van der Waals surface area contributed by atoms with Crippen LogP contribution in [0, 0.1) is 0 Å². The zero-order valence-electron chi connectivity index (χ0n) is 15.7. The molecule has 0 radical (unpaired) electrons. The molecule has 2 aromatic carbocycles. The number of hydrogen-bond acceptors (Lipinski definition) is 4. The van der Waals surface area contributed by atoms with Gasteiger partial charge in [0.1, 0.15) is 0 Å². The van der Waals surface area contributed by atoms with E-state index in [9.17, 15) is 14.4 Å². The number of amides is 4. The molecule has 2 aromatic rings. The predicted molar refractivity (Wildman–Crippen MR) is 112 cm³/mol. The van der Waals surface area contributed by atoms with Crippen LogP contribution < -0.4 is 16.4 Å². The van der Waals surface area contributed by atoms with Crippen molar-refractivity contribution in [3.8, 4) is 0 Å². The van der Waals surface area contributed by atoms with Crippen LogP contribution in [-0.4, -0.2) is 28.8 Å². The second kappa shape index (κ2) is 7.75. The van der Waals surface area contributed by atoms with E-state index in [-0.39, 0.29) is 17.9 Å². The highest BCUT2D eigenvalue weighted by atomic mass is 35.5. The molecule has 2 aliphatic rings. The van der Waals surface area contributed by atoms with Gasteiger partial charge in [-0.05, 0) is 49.2 Å². The molecule has 150 valence electrons. The van der Waals surface area contributed by atoms with Crippen LogP contribution in [0.25, 0.3) is 0 Å². The summed E-state index contributed by atoms with van der Waals surface area (Å²) in [6.45, 7) is 0. The van der Waals surface area contributed by atoms with Crippen LogP contribution in [0.5, 0.6) is 0 Å². The summed E-state index contributed by atoms with van der Waals surface area (Å²) in [6, 6.07) is 9.00. The molecule has 0 aromatic heterocycles. The maximum Gasteiger partial charge on any atom is 0.323 e. The molecule has 0 spiro atoms. The first-order valence-electron chi connectivity index (χ1n) is 9.59. The van der Waals surface area contributed by atoms with Crippen molar-refractivity contribution in [3.63, 3.8) is 0 Å². The maximum atomic E-state index is 12.9. The van der Waals surface area contributed by atoms with Crippen LogP contribution in [0.15, 0.2) is 36.4 Å². The fourth-order valence-electron chi connectivity index (χ4n) is 3.91. The Balaban J connectivity index is 1.48. The minimum Gasteiger partial charge on any atom is -0.398 e. The van der Waals surface area contributed by atoms with E-state index in [0.29, 0.717) is 33.2 Å². The Morgan fingerprint density at radius 1 is 0.931 bits per heavy atom. The molecule has 29 heavy (non-hydrogen) atoms. The number of urea groups is 1. The van der Waals surface area contributed by atoms with Crippen molar-refractivity contribution in [1.29, 1.82) is 0 Å². The molecular formula is C21H21ClN4O3. The highest BCUT2D eigenvalue weighted by Crippen LogP contribution is 2.32. The number of anilines is 3. The number of nitrogens with one attached hydrogen (secondary N) is 2. The average Bonchev–Trinajstić information content (AvgIpc) is 2.95. The zero-order chi connectivity index (χ0) is 20.5. The van der Waals surface area contributed by atoms with Gasteiger partial charge in [0.15, 0.2) is 0 Å². The molecule has 0 unspecified atom stereocenters. The Labute approximate surface area is 173 Å². The van der Waals surface area contributed by atoms with E-state index in [2.05, 4.69) is 10.6 Å². The van der Waals surface area contributed by atoms with E-state index in [1.165, 1.54) is 4.90 Å². The molecule has 0 bridgehead atoms. The number of benzene rings is 2. The number of fused-ring (bicyclic) bond motifs is 1. The highest BCUT2D eigenvalue weighted by molar-refractivity contribution is 6.33. The third-order valence-corrected chi connectivity index (χ3v) is 5.70. The molecule has 4 N–H and O–H groups in total. The number of nitrogen functional groups attached to an aromatic ring is 1. The van der Waals surface area contributed by atoms with Gasteiger partial charge in [-0.25, -0.2) is 4.79 Å². The topological polar surface area (TPSA) is 105 Å². The second-order valence-corrected chi connectivity index (χ2v) is 7.76. The maximum absolute atomic E-state index is 12.9. The molecule has 8 heteroatoms. The molecule has 1 aliphatic heterocycles. The summed E-state index contributed by atoms with van der Waals surface area (Å²) in [6.07, 6.45) is 4.90. The van der Waals surface area contributed by atoms with Gasteiger partial charge in [0.05, 0.1) is 21.8 Å². The first-order chi connectivity index (χ1) is 13.9. The van der Waals surface area contributed by atoms with Crippen molar-refractivity contribution in [3.05, 3.63) is 52.5 Å². The molecule has 4 rings (SSSR count). The van der Waals surface area contributed by atoms with Gasteiger partial charge >= 0.3 is 6.03 Å². The van der Waals surface area contributed by atoms with Gasteiger partial charge in [-0.1, -0.05) is 30.9 Å². The Morgan fingerprint density at radius 3 is 2.24 bits per heavy atom. The van der Waals surface area contributed by atoms with E-state index < -0.39 is 6.03 Å². The fraction of sp³-hybridized carbons (Fsp3) is 0.286. The molecule has 1 saturated carbocycles. The van der Waals surface area contributed by atoms with Gasteiger partial charge in [-0.15, -0.1) is 0 Å². The molecule has 4 amide bonds. The summed E-state index contributed by atoms with van der Waals surface area (Å²) in [7, 11) is 0. The third-order valence-electron chi connectivity index (χ3n) is 5.37. The lowest BCUT2D eigenvalue weighted by Gasteiger charge is -2.29. The largest absolute Gasteiger partial charge is 0.398 e. The summed E-state index contributed by atoms with van der Waals surface area (Å²) >= 11 is 5.96. The lowest BCUT2D eigenvalue weighted by molar-refractivity contribution is 0.0549. The van der Waals surface area contributed by atoms with Crippen molar-refractivity contribution in [2.24, 2.45) is 0 Å². The number of imide groups is 1. The molecule has 0 atom stereocenters. The fourth-order valence-corrected chi connectivity index (χ4v) is 4.09. The highest BCUT2D eigenvalue weighted by Gasteiger charge is 2.40. The van der Waals surface area contributed by atoms with Gasteiger partial charge < -0.3 is 16.4 Å². The number of nitrogens with zero attached hydrogens (tertiary/aromatic N) is 1. The van der Waals surface area contributed by atoms with E-state index >= 15 is 0 Å². The van der Waals surface area contributed by atoms with Crippen molar-refractivity contribution in [1.82, 2.24) is 4.90 Å². The van der Waals surface area contributed by atoms with Gasteiger partial charge in [-0.2, -0.15) is 0 Å². The van der Waals surface area contributed by atoms with Crippen LogP contribution >= 0.6 is 11.6 Å². The van der Waals surface area contributed by atoms with E-state index in [1.54, 1.807) is 36.4 Å². The SMILES string of the molecule is Nc1ccc(NC(=O)Nc2ccc3c(c2)C(=O)N(C2CCCCC2)C3=O)cc1Cl. The first-order valence-corrected chi connectivity index (χ1v) is 9.97. The van der Waals surface area contributed by atoms with E-state index in [0.717, 1.165) is 32.1 Å². The summed E-state index contributed by atoms with van der Waals surface area (Å²) in [5.41, 5.74) is 7.70. The molecule has 1 heterocycles. The molecule has 1 aliphatic carbocycles. The van der Waals surface area contributed by atoms with Crippen molar-refractivity contribution in [2.45, 2.75) is 38.1 Å². The third kappa shape index (κ3) is 3.78. The quantitative estimate of drug-likeness (QED) is 0.510. The van der Waals surface area contributed by atoms with Crippen LogP contribution in [0.4, 0.5) is 21.9 Å². The molecule has 0 saturated heterocycles. The van der Waals surface area contributed by atoms with Crippen molar-refractivity contribution in [2.75, 3.05) is 16.4 Å². The standard InChI is InChI=1S/C21H21ClN4O3/c22-17-11-13(7-9-18(17)23)25-21(29)24-12-6-8-15-16(10-12)20(28)26(19(15)27)14-4-2-1-3-5-14/h6-11,14H,1-5,23H2,(H2,24,25,29). The van der Waals surface area contributed by atoms with Crippen LogP contribution in [0.1, 0.15) is 52.8 Å². The van der Waals surface area contributed by atoms with Crippen molar-refractivity contribution < 1.29 is 14.4 Å². The van der Waals surface area contributed by atoms with Crippen LogP contribution in [0.2, 0.25) is 5.02 Å². The number of rotatable bonds is 3. The van der Waals surface area contributed by atoms with E-state index in [1.807, 2.05) is 0 Å². The first kappa shape index (κ1) is 19.3. The molecule has 7 nitrogen and oxygen atoms in total. The number of halogens is 1. The van der Waals surface area contributed by atoms with Crippen LogP contribution in [0.3, 0.4) is 0 Å². The van der Waals surface area contributed by atoms with Crippen LogP contribution in [-0.2, 0) is 0 Å². The Bertz CT molecular complexity index is 1000. The average molecular weight is 413 g/mol. The minimum atomic E-state index is -0.494. The lowest BCUT2D eigenvalue weighted by atomic mass is 9.94. The van der Waals surface area contributed by atoms with Gasteiger partial charge in [0.2, 0.25) is 0 Å². The van der Waals surface area contributed by atoms with Crippen molar-refractivity contribution >= 4 is 46.5 Å². The summed E-state index contributed by atoms with van der Waals surface area (Å²) < 4.78 is 0. The normalized spacial score (nSPS) is 16.7. The van der Waals surface area contributed by atoms with E-state index in [4.69, 9.17) is 17.3 Å². The number of nitrogens with two attached hydrogens (primary N) is 1. The molecular weight excluding hydrogens is 392 g/mol. The summed E-state index contributed by atoms with van der Waals surface area (Å²) in [4.78, 5) is 39.2. The number of carbonyl (C=O) groups excluding carboxylic acids is 3. The lowest BCUT2D eigenvalue weighted by Crippen LogP contribution is -2.40. The Morgan fingerprint density at radius 2 is 1.55 bits per heavy atom. The number of hydrogen-bond donors (Lipinski definition) is 3. The Kier molecular flexibility index (Phi) is 5.15. The Hall–Kier alpha value is -3.06. The second-order valence-electron chi connectivity index (χ2n) is 7.35. The molecule has 1 fully saturated rings. The zero-order valence-corrected chi connectivity index (χ0v) is 16.5. The monoisotopic (exact) mass is 412 g/mol. The number of carbonyl (C=O) groups is 3. The predicted octanol–water partition coefficient (Wildman–Crippen LogP) is 4.49. The van der Waals surface area contributed by atoms with Gasteiger partial charge in [-0.3, -0.25) is 14.5 Å². The summed E-state index contributed by atoms with van der Waals surface area (Å²) in [5, 5.41) is 5.67. The minimum absolute atomic E-state index is 0.0360. The smallest absolute Gasteiger partial charge is 0.323 e. The summed E-state index contributed by atoms with van der Waals surface area (Å²) in [5.74, 6) is -0.532. The van der Waals surface area contributed by atoms with Gasteiger partial charge in [0.25, 0.3) is 11.8 Å².